The topological polar surface area (TPSA) is 12.0 Å². The Morgan fingerprint density at radius 1 is 1.45 bits per heavy atom. The number of halogens is 3. The van der Waals surface area contributed by atoms with Crippen LogP contribution >= 0.6 is 12.4 Å². The van der Waals surface area contributed by atoms with Gasteiger partial charge in [0.15, 0.2) is 0 Å². The van der Waals surface area contributed by atoms with E-state index in [1.165, 1.54) is 0 Å². The molecule has 1 atom stereocenters. The minimum absolute atomic E-state index is 0. The second-order valence-corrected chi connectivity index (χ2v) is 3.56. The van der Waals surface area contributed by atoms with Crippen molar-refractivity contribution in [2.24, 2.45) is 5.92 Å². The van der Waals surface area contributed by atoms with E-state index in [1.807, 2.05) is 13.8 Å². The van der Waals surface area contributed by atoms with E-state index in [9.17, 15) is 8.78 Å². The van der Waals surface area contributed by atoms with E-state index in [-0.39, 0.29) is 17.9 Å². The van der Waals surface area contributed by atoms with E-state index in [0.717, 1.165) is 0 Å². The van der Waals surface area contributed by atoms with Gasteiger partial charge in [-0.15, -0.1) is 12.4 Å². The molecule has 0 saturated carbocycles. The highest BCUT2D eigenvalue weighted by atomic mass is 35.5. The lowest BCUT2D eigenvalue weighted by Crippen LogP contribution is -2.31. The van der Waals surface area contributed by atoms with Crippen LogP contribution in [0.4, 0.5) is 8.78 Å². The molecule has 1 N–H and O–H groups in total. The van der Waals surface area contributed by atoms with Gasteiger partial charge >= 0.3 is 0 Å². The molecule has 1 aliphatic heterocycles. The van der Waals surface area contributed by atoms with Crippen LogP contribution < -0.4 is 5.32 Å². The van der Waals surface area contributed by atoms with Crippen molar-refractivity contribution in [1.82, 2.24) is 5.32 Å². The van der Waals surface area contributed by atoms with E-state index >= 15 is 0 Å². The number of hydrogen-bond donors (Lipinski definition) is 1. The monoisotopic (exact) mass is 185 g/mol. The van der Waals surface area contributed by atoms with Gasteiger partial charge in [-0.05, 0) is 20.3 Å². The van der Waals surface area contributed by atoms with Crippen LogP contribution in [-0.2, 0) is 0 Å². The second-order valence-electron chi connectivity index (χ2n) is 3.56. The van der Waals surface area contributed by atoms with Gasteiger partial charge in [0.25, 0.3) is 0 Å². The van der Waals surface area contributed by atoms with Gasteiger partial charge in [0.2, 0.25) is 6.43 Å². The van der Waals surface area contributed by atoms with Crippen LogP contribution in [-0.4, -0.2) is 18.5 Å². The molecule has 11 heavy (non-hydrogen) atoms. The summed E-state index contributed by atoms with van der Waals surface area (Å²) in [6, 6.07) is 0. The van der Waals surface area contributed by atoms with E-state index in [4.69, 9.17) is 0 Å². The van der Waals surface area contributed by atoms with Crippen molar-refractivity contribution in [3.8, 4) is 0 Å². The first-order chi connectivity index (χ1) is 4.51. The zero-order valence-electron chi connectivity index (χ0n) is 6.73. The Morgan fingerprint density at radius 3 is 2.18 bits per heavy atom. The maximum Gasteiger partial charge on any atom is 0.242 e. The van der Waals surface area contributed by atoms with Crippen LogP contribution in [0.2, 0.25) is 0 Å². The zero-order chi connectivity index (χ0) is 7.78. The van der Waals surface area contributed by atoms with E-state index in [1.54, 1.807) is 0 Å². The third kappa shape index (κ3) is 2.91. The maximum atomic E-state index is 12.0. The summed E-state index contributed by atoms with van der Waals surface area (Å²) in [7, 11) is 0. The second kappa shape index (κ2) is 3.68. The molecular formula is C7H14ClF2N. The fraction of sp³-hybridized carbons (Fsp3) is 1.00. The van der Waals surface area contributed by atoms with Gasteiger partial charge in [0.1, 0.15) is 0 Å². The minimum Gasteiger partial charge on any atom is -0.311 e. The van der Waals surface area contributed by atoms with E-state index in [0.29, 0.717) is 13.0 Å². The summed E-state index contributed by atoms with van der Waals surface area (Å²) >= 11 is 0. The molecule has 0 aromatic rings. The van der Waals surface area contributed by atoms with Crippen LogP contribution in [0.1, 0.15) is 20.3 Å². The van der Waals surface area contributed by atoms with Crippen molar-refractivity contribution < 1.29 is 8.78 Å². The van der Waals surface area contributed by atoms with Crippen molar-refractivity contribution >= 4 is 12.4 Å². The molecule has 1 rings (SSSR count). The molecule has 1 nitrogen and oxygen atoms in total. The first-order valence-corrected chi connectivity index (χ1v) is 3.54. The molecule has 0 aromatic carbocycles. The van der Waals surface area contributed by atoms with Gasteiger partial charge in [-0.2, -0.15) is 0 Å². The number of rotatable bonds is 1. The van der Waals surface area contributed by atoms with E-state index in [2.05, 4.69) is 5.32 Å². The van der Waals surface area contributed by atoms with Crippen LogP contribution in [0, 0.1) is 5.92 Å². The van der Waals surface area contributed by atoms with Crippen molar-refractivity contribution in [1.29, 1.82) is 0 Å². The maximum absolute atomic E-state index is 12.0. The van der Waals surface area contributed by atoms with Crippen molar-refractivity contribution in [3.05, 3.63) is 0 Å². The largest absolute Gasteiger partial charge is 0.311 e. The summed E-state index contributed by atoms with van der Waals surface area (Å²) in [5.74, 6) is -0.435. The van der Waals surface area contributed by atoms with Crippen molar-refractivity contribution in [2.75, 3.05) is 6.54 Å². The van der Waals surface area contributed by atoms with Crippen LogP contribution in [0.3, 0.4) is 0 Å². The summed E-state index contributed by atoms with van der Waals surface area (Å²) in [4.78, 5) is 0. The lowest BCUT2D eigenvalue weighted by Gasteiger charge is -2.16. The molecule has 1 fully saturated rings. The minimum atomic E-state index is -2.16. The normalized spacial score (nSPS) is 28.6. The van der Waals surface area contributed by atoms with Gasteiger partial charge in [-0.3, -0.25) is 0 Å². The Balaban J connectivity index is 0.000001000. The third-order valence-corrected chi connectivity index (χ3v) is 1.97. The standard InChI is InChI=1S/C7H13F2N.ClH/c1-7(2)3-5(4-10-7)6(8)9;/h5-6,10H,3-4H2,1-2H3;1H. The van der Waals surface area contributed by atoms with Gasteiger partial charge in [-0.25, -0.2) is 8.78 Å². The molecule has 1 unspecified atom stereocenters. The Morgan fingerprint density at radius 2 is 2.00 bits per heavy atom. The summed E-state index contributed by atoms with van der Waals surface area (Å²) < 4.78 is 24.1. The predicted molar refractivity (Wildman–Crippen MR) is 43.4 cm³/mol. The Bertz CT molecular complexity index is 128. The van der Waals surface area contributed by atoms with Gasteiger partial charge in [0, 0.05) is 18.0 Å². The first kappa shape index (κ1) is 11.1. The lowest BCUT2D eigenvalue weighted by atomic mass is 9.97. The predicted octanol–water partition coefficient (Wildman–Crippen LogP) is 2.06. The molecule has 1 saturated heterocycles. The Labute approximate surface area is 72.0 Å². The first-order valence-electron chi connectivity index (χ1n) is 3.54. The third-order valence-electron chi connectivity index (χ3n) is 1.97. The smallest absolute Gasteiger partial charge is 0.242 e. The van der Waals surface area contributed by atoms with Gasteiger partial charge in [0.05, 0.1) is 0 Å². The quantitative estimate of drug-likeness (QED) is 0.660. The lowest BCUT2D eigenvalue weighted by molar-refractivity contribution is 0.0840. The zero-order valence-corrected chi connectivity index (χ0v) is 7.55. The SMILES string of the molecule is CC1(C)CC(C(F)F)CN1.Cl. The van der Waals surface area contributed by atoms with Crippen molar-refractivity contribution in [2.45, 2.75) is 32.2 Å². The molecule has 4 heteroatoms. The molecule has 1 aliphatic rings. The average molecular weight is 186 g/mol. The summed E-state index contributed by atoms with van der Waals surface area (Å²) in [5, 5.41) is 3.05. The fourth-order valence-corrected chi connectivity index (χ4v) is 1.39. The highest BCUT2D eigenvalue weighted by molar-refractivity contribution is 5.85. The highest BCUT2D eigenvalue weighted by Gasteiger charge is 2.35. The molecule has 68 valence electrons. The number of alkyl halides is 2. The molecule has 0 bridgehead atoms. The van der Waals surface area contributed by atoms with Crippen LogP contribution in [0.15, 0.2) is 0 Å². The molecule has 0 amide bonds. The van der Waals surface area contributed by atoms with Crippen LogP contribution in [0.25, 0.3) is 0 Å². The summed E-state index contributed by atoms with van der Waals surface area (Å²) in [6.45, 7) is 4.37. The van der Waals surface area contributed by atoms with Gasteiger partial charge in [-0.1, -0.05) is 0 Å². The molecule has 0 aromatic heterocycles. The number of nitrogens with one attached hydrogen (secondary N) is 1. The Kier molecular flexibility index (Phi) is 3.71. The molecule has 0 radical (unpaired) electrons. The fourth-order valence-electron chi connectivity index (χ4n) is 1.39. The highest BCUT2D eigenvalue weighted by Crippen LogP contribution is 2.27. The molecule has 0 aliphatic carbocycles. The van der Waals surface area contributed by atoms with E-state index < -0.39 is 12.3 Å². The summed E-state index contributed by atoms with van der Waals surface area (Å²) in [6.07, 6.45) is -1.57. The molecule has 0 spiro atoms. The number of hydrogen-bond acceptors (Lipinski definition) is 1. The Hall–Kier alpha value is 0.110. The molecule has 1 heterocycles. The average Bonchev–Trinajstić information content (AvgIpc) is 2.10. The summed E-state index contributed by atoms with van der Waals surface area (Å²) in [5.41, 5.74) is -0.0822. The van der Waals surface area contributed by atoms with Crippen molar-refractivity contribution in [3.63, 3.8) is 0 Å². The van der Waals surface area contributed by atoms with Crippen LogP contribution in [0.5, 0.6) is 0 Å². The molecular weight excluding hydrogens is 172 g/mol. The van der Waals surface area contributed by atoms with Gasteiger partial charge < -0.3 is 5.32 Å².